The van der Waals surface area contributed by atoms with Crippen LogP contribution in [0.15, 0.2) is 4.63 Å². The lowest BCUT2D eigenvalue weighted by atomic mass is 10.8. The Hall–Kier alpha value is -0.730. The van der Waals surface area contributed by atoms with E-state index in [2.05, 4.69) is 14.9 Å². The first-order valence-corrected chi connectivity index (χ1v) is 1.36. The summed E-state index contributed by atoms with van der Waals surface area (Å²) in [6, 6.07) is 0. The Labute approximate surface area is 28.9 Å². The molecule has 0 fully saturated rings. The average Bonchev–Trinajstić information content (AvgIpc) is 1.30. The van der Waals surface area contributed by atoms with E-state index >= 15 is 0 Å². The van der Waals surface area contributed by atoms with E-state index in [0.717, 1.165) is 5.82 Å². The minimum Gasteiger partial charge on any atom is -0.267 e. The third-order valence-electron chi connectivity index (χ3n) is 0.376. The van der Waals surface area contributed by atoms with E-state index in [0.29, 0.717) is 0 Å². The molecule has 0 aliphatic heterocycles. The van der Waals surface area contributed by atoms with Crippen molar-refractivity contribution in [3.05, 3.63) is 5.82 Å². The van der Waals surface area contributed by atoms with Crippen LogP contribution in [0.25, 0.3) is 0 Å². The molecule has 5 heavy (non-hydrogen) atoms. The zero-order chi connectivity index (χ0) is 3.70. The van der Waals surface area contributed by atoms with Crippen LogP contribution in [-0.4, -0.2) is 10.3 Å². The van der Waals surface area contributed by atoms with Crippen molar-refractivity contribution in [2.75, 3.05) is 0 Å². The number of H-pyrrole nitrogens is 1. The Morgan fingerprint density at radius 1 is 2.00 bits per heavy atom. The van der Waals surface area contributed by atoms with Gasteiger partial charge < -0.3 is 0 Å². The highest BCUT2D eigenvalue weighted by Gasteiger charge is 1.80. The minimum atomic E-state index is 0.838. The van der Waals surface area contributed by atoms with Crippen LogP contribution in [0, 0.1) is 6.92 Å². The topological polar surface area (TPSA) is 41.8 Å². The molecule has 0 atom stereocenters. The third kappa shape index (κ3) is 0.190. The zero-order valence-electron chi connectivity index (χ0n) is 2.86. The highest BCUT2D eigenvalue weighted by molar-refractivity contribution is 4.62. The first kappa shape index (κ1) is 2.50. The third-order valence-corrected chi connectivity index (χ3v) is 0.376. The van der Waals surface area contributed by atoms with E-state index in [9.17, 15) is 0 Å². The lowest BCUT2D eigenvalue weighted by molar-refractivity contribution is 0.208. The zero-order valence-corrected chi connectivity index (χ0v) is 2.86. The summed E-state index contributed by atoms with van der Waals surface area (Å²) in [6.45, 7) is 1.82. The summed E-state index contributed by atoms with van der Waals surface area (Å²) in [4.78, 5) is 0. The van der Waals surface area contributed by atoms with Crippen LogP contribution in [-0.2, 0) is 0 Å². The lowest BCUT2D eigenvalue weighted by Crippen LogP contribution is -1.87. The van der Waals surface area contributed by atoms with Crippen molar-refractivity contribution in [2.24, 2.45) is 0 Å². The number of aromatic amines is 1. The van der Waals surface area contributed by atoms with Gasteiger partial charge in [0.2, 0.25) is 0 Å². The Bertz CT molecular complexity index is 89.8. The molecule has 0 saturated carbocycles. The molecule has 1 aromatic rings. The monoisotopic (exact) mass is 72.0 g/mol. The second kappa shape index (κ2) is 0.607. The summed E-state index contributed by atoms with van der Waals surface area (Å²) >= 11 is 0. The number of nitrogens with one attached hydrogen (secondary N) is 1. The summed E-state index contributed by atoms with van der Waals surface area (Å²) in [7, 11) is 0. The average molecular weight is 72.1 g/mol. The van der Waals surface area contributed by atoms with Gasteiger partial charge in [-0.3, -0.25) is 4.63 Å². The van der Waals surface area contributed by atoms with Gasteiger partial charge in [0.15, 0.2) is 5.82 Å². The normalized spacial score (nSPS) is 9.00. The predicted octanol–water partition coefficient (Wildman–Crippen LogP) is 0.311. The number of hydrogen-bond acceptors (Lipinski definition) is 2. The minimum absolute atomic E-state index is 0.838. The van der Waals surface area contributed by atoms with Crippen molar-refractivity contribution in [1.82, 2.24) is 10.3 Å². The van der Waals surface area contributed by atoms with Gasteiger partial charge in [-0.25, -0.2) is 0 Å². The van der Waals surface area contributed by atoms with Crippen molar-refractivity contribution in [1.29, 1.82) is 0 Å². The van der Waals surface area contributed by atoms with Gasteiger partial charge >= 0.3 is 0 Å². The van der Waals surface area contributed by atoms with E-state index in [1.54, 1.807) is 0 Å². The summed E-state index contributed by atoms with van der Waals surface area (Å²) in [6.07, 6.45) is 0. The lowest BCUT2D eigenvalue weighted by Gasteiger charge is -1.85. The van der Waals surface area contributed by atoms with E-state index < -0.39 is 0 Å². The predicted molar refractivity (Wildman–Crippen MR) is 15.6 cm³/mol. The Kier molecular flexibility index (Phi) is 0.304. The first-order chi connectivity index (χ1) is 2.39. The maximum Gasteiger partial charge on any atom is 0.178 e. The number of nitrogens with zero attached hydrogens (tertiary/aromatic N) is 1. The summed E-state index contributed by atoms with van der Waals surface area (Å²) < 4.78 is 4.17. The molecule has 0 radical (unpaired) electrons. The molecule has 0 spiro atoms. The molecule has 0 aliphatic rings. The molecular weight excluding hydrogens is 68.0 g/mol. The maximum absolute atomic E-state index is 4.17. The molecule has 0 bridgehead atoms. The number of aromatic nitrogens is 2. The van der Waals surface area contributed by atoms with Crippen molar-refractivity contribution >= 4 is 0 Å². The van der Waals surface area contributed by atoms with E-state index in [4.69, 9.17) is 0 Å². The summed E-state index contributed by atoms with van der Waals surface area (Å²) in [5, 5.41) is 5.83. The van der Waals surface area contributed by atoms with Gasteiger partial charge in [-0.2, -0.15) is 5.16 Å². The van der Waals surface area contributed by atoms with Crippen LogP contribution in [0.4, 0.5) is 0 Å². The number of rotatable bonds is 0. The van der Waals surface area contributed by atoms with Crippen LogP contribution in [0.2, 0.25) is 0 Å². The smallest absolute Gasteiger partial charge is 0.178 e. The second-order valence-electron chi connectivity index (χ2n) is 0.870. The molecule has 28 valence electrons. The quantitative estimate of drug-likeness (QED) is 0.479. The van der Waals surface area contributed by atoms with Gasteiger partial charge in [0.25, 0.3) is 0 Å². The molecule has 1 N–H and O–H groups in total. The summed E-state index contributed by atoms with van der Waals surface area (Å²) in [5.74, 6) is 0.838. The molecule has 0 unspecified atom stereocenters. The van der Waals surface area contributed by atoms with Gasteiger partial charge in [0.05, 0.1) is 0 Å². The van der Waals surface area contributed by atoms with Crippen molar-refractivity contribution < 1.29 is 4.63 Å². The standard InChI is InChI=1S/C2H4N2O/c1-2-3-5-4-2/h1H3,(H,3,4). The molecule has 1 aromatic heterocycles. The van der Waals surface area contributed by atoms with Gasteiger partial charge in [0.1, 0.15) is 0 Å². The molecule has 1 heterocycles. The Balaban J connectivity index is 2.83. The van der Waals surface area contributed by atoms with Gasteiger partial charge in [-0.05, 0) is 5.16 Å². The van der Waals surface area contributed by atoms with Gasteiger partial charge in [0, 0.05) is 6.92 Å². The first-order valence-electron chi connectivity index (χ1n) is 1.36. The van der Waals surface area contributed by atoms with Crippen molar-refractivity contribution in [2.45, 2.75) is 6.92 Å². The van der Waals surface area contributed by atoms with Crippen LogP contribution < -0.4 is 0 Å². The largest absolute Gasteiger partial charge is 0.267 e. The fourth-order valence-electron chi connectivity index (χ4n) is 0.137. The number of aryl methyl sites for hydroxylation is 1. The molecule has 3 heteroatoms. The van der Waals surface area contributed by atoms with Crippen LogP contribution in [0.1, 0.15) is 5.82 Å². The molecule has 0 aliphatic carbocycles. The Morgan fingerprint density at radius 2 is 2.40 bits per heavy atom. The van der Waals surface area contributed by atoms with Crippen molar-refractivity contribution in [3.63, 3.8) is 0 Å². The molecule has 0 saturated heterocycles. The van der Waals surface area contributed by atoms with Crippen molar-refractivity contribution in [3.8, 4) is 0 Å². The maximum atomic E-state index is 4.17. The molecule has 1 rings (SSSR count). The molecular formula is C2H4N2O. The fraction of sp³-hybridized carbons (Fsp3) is 0.500. The number of hydrogen-bond donors (Lipinski definition) is 1. The van der Waals surface area contributed by atoms with E-state index in [1.807, 2.05) is 6.92 Å². The van der Waals surface area contributed by atoms with Gasteiger partial charge in [-0.1, -0.05) is 0 Å². The highest BCUT2D eigenvalue weighted by Crippen LogP contribution is 1.78. The fourth-order valence-corrected chi connectivity index (χ4v) is 0.137. The molecule has 0 aromatic carbocycles. The highest BCUT2D eigenvalue weighted by atomic mass is 16.6. The summed E-state index contributed by atoms with van der Waals surface area (Å²) in [5.41, 5.74) is 0. The van der Waals surface area contributed by atoms with E-state index in [-0.39, 0.29) is 0 Å². The SMILES string of the molecule is Cc1no[nH]1. The molecule has 3 nitrogen and oxygen atoms in total. The molecule has 0 amide bonds. The van der Waals surface area contributed by atoms with Gasteiger partial charge in [-0.15, -0.1) is 0 Å². The van der Waals surface area contributed by atoms with Crippen LogP contribution >= 0.6 is 0 Å². The van der Waals surface area contributed by atoms with Crippen LogP contribution in [0.3, 0.4) is 0 Å². The van der Waals surface area contributed by atoms with Crippen LogP contribution in [0.5, 0.6) is 0 Å². The second-order valence-corrected chi connectivity index (χ2v) is 0.870. The van der Waals surface area contributed by atoms with E-state index in [1.165, 1.54) is 0 Å². The Morgan fingerprint density at radius 3 is 2.40 bits per heavy atom.